The van der Waals surface area contributed by atoms with Gasteiger partial charge in [0, 0.05) is 37.3 Å². The Morgan fingerprint density at radius 1 is 1.27 bits per heavy atom. The number of likely N-dealkylation sites (tertiary alicyclic amines) is 1. The molecule has 1 N–H and O–H groups in total. The van der Waals surface area contributed by atoms with Gasteiger partial charge in [0.05, 0.1) is 7.11 Å². The van der Waals surface area contributed by atoms with Crippen molar-refractivity contribution in [3.63, 3.8) is 0 Å². The molecule has 1 saturated heterocycles. The van der Waals surface area contributed by atoms with Crippen LogP contribution in [0.15, 0.2) is 23.0 Å². The van der Waals surface area contributed by atoms with Crippen LogP contribution in [0.1, 0.15) is 38.3 Å². The first-order chi connectivity index (χ1) is 12.4. The molecule has 2 amide bonds. The molecule has 1 aromatic rings. The third kappa shape index (κ3) is 3.76. The molecule has 7 heteroatoms. The monoisotopic (exact) mass is 361 g/mol. The molecule has 0 saturated carbocycles. The number of pyridine rings is 1. The van der Waals surface area contributed by atoms with E-state index in [1.807, 2.05) is 24.5 Å². The molecular formula is C19H27N3O4. The van der Waals surface area contributed by atoms with Crippen molar-refractivity contribution in [2.45, 2.75) is 45.2 Å². The van der Waals surface area contributed by atoms with E-state index in [0.717, 1.165) is 12.1 Å². The summed E-state index contributed by atoms with van der Waals surface area (Å²) in [5.41, 5.74) is 1.02. The van der Waals surface area contributed by atoms with Crippen LogP contribution in [0.2, 0.25) is 0 Å². The van der Waals surface area contributed by atoms with Gasteiger partial charge in [0.25, 0.3) is 5.56 Å². The van der Waals surface area contributed by atoms with Crippen LogP contribution in [-0.2, 0) is 16.1 Å². The Bertz CT molecular complexity index is 743. The van der Waals surface area contributed by atoms with Crippen LogP contribution in [0.5, 0.6) is 0 Å². The van der Waals surface area contributed by atoms with Gasteiger partial charge in [-0.3, -0.25) is 4.79 Å². The summed E-state index contributed by atoms with van der Waals surface area (Å²) in [5, 5.41) is 2.84. The van der Waals surface area contributed by atoms with Crippen molar-refractivity contribution >= 4 is 12.0 Å². The first-order valence-corrected chi connectivity index (χ1v) is 9.22. The lowest BCUT2D eigenvalue weighted by molar-refractivity contribution is -0.143. The second kappa shape index (κ2) is 7.51. The lowest BCUT2D eigenvalue weighted by Crippen LogP contribution is -2.54. The lowest BCUT2D eigenvalue weighted by atomic mass is 9.83. The Balaban J connectivity index is 1.72. The summed E-state index contributed by atoms with van der Waals surface area (Å²) in [4.78, 5) is 38.6. The van der Waals surface area contributed by atoms with Crippen LogP contribution in [0, 0.1) is 11.8 Å². The SMILES string of the molecule is COC(=O)[C@H](CC(C)C)NC(=O)N1C[C@@H]2C[C@H](C1)c1cccc(=O)n1C2. The average molecular weight is 361 g/mol. The van der Waals surface area contributed by atoms with Crippen molar-refractivity contribution in [1.29, 1.82) is 0 Å². The number of carbonyl (C=O) groups excluding carboxylic acids is 2. The zero-order valence-corrected chi connectivity index (χ0v) is 15.6. The fraction of sp³-hybridized carbons (Fsp3) is 0.632. The number of carbonyl (C=O) groups is 2. The molecule has 2 aliphatic heterocycles. The normalized spacial score (nSPS) is 22.5. The minimum atomic E-state index is -0.635. The molecule has 2 bridgehead atoms. The summed E-state index contributed by atoms with van der Waals surface area (Å²) in [7, 11) is 1.34. The summed E-state index contributed by atoms with van der Waals surface area (Å²) < 4.78 is 6.66. The Morgan fingerprint density at radius 2 is 2.04 bits per heavy atom. The number of hydrogen-bond donors (Lipinski definition) is 1. The molecule has 0 aliphatic carbocycles. The summed E-state index contributed by atoms with van der Waals surface area (Å²) >= 11 is 0. The fourth-order valence-corrected chi connectivity index (χ4v) is 4.13. The standard InChI is InChI=1S/C19H27N3O4/c1-12(2)7-15(18(24)26-3)20-19(25)21-9-13-8-14(11-21)16-5-4-6-17(23)22(16)10-13/h4-6,12-15H,7-11H2,1-3H3,(H,20,25)/t13-,14+,15-/m0/s1. The molecule has 3 rings (SSSR count). The van der Waals surface area contributed by atoms with Crippen LogP contribution in [0.3, 0.4) is 0 Å². The molecule has 142 valence electrons. The highest BCUT2D eigenvalue weighted by atomic mass is 16.5. The van der Waals surface area contributed by atoms with E-state index in [-0.39, 0.29) is 29.3 Å². The number of nitrogens with one attached hydrogen (secondary N) is 1. The summed E-state index contributed by atoms with van der Waals surface area (Å²) in [6.45, 7) is 5.80. The Kier molecular flexibility index (Phi) is 5.34. The number of fused-ring (bicyclic) bond motifs is 4. The van der Waals surface area contributed by atoms with E-state index in [1.54, 1.807) is 17.0 Å². The van der Waals surface area contributed by atoms with Crippen molar-refractivity contribution in [3.05, 3.63) is 34.2 Å². The van der Waals surface area contributed by atoms with E-state index in [9.17, 15) is 14.4 Å². The zero-order valence-electron chi connectivity index (χ0n) is 15.6. The number of piperidine rings is 1. The summed E-state index contributed by atoms with van der Waals surface area (Å²) in [6.07, 6.45) is 1.52. The first kappa shape index (κ1) is 18.5. The minimum absolute atomic E-state index is 0.0257. The number of ether oxygens (including phenoxy) is 1. The maximum Gasteiger partial charge on any atom is 0.328 e. The molecule has 0 radical (unpaired) electrons. The quantitative estimate of drug-likeness (QED) is 0.826. The molecule has 3 heterocycles. The highest BCUT2D eigenvalue weighted by Gasteiger charge is 2.37. The van der Waals surface area contributed by atoms with Gasteiger partial charge < -0.3 is 19.5 Å². The number of amides is 2. The second-order valence-corrected chi connectivity index (χ2v) is 7.76. The van der Waals surface area contributed by atoms with Crippen LogP contribution in [0.4, 0.5) is 4.79 Å². The van der Waals surface area contributed by atoms with Gasteiger partial charge in [-0.25, -0.2) is 9.59 Å². The molecule has 0 unspecified atom stereocenters. The van der Waals surface area contributed by atoms with Gasteiger partial charge in [0.2, 0.25) is 0 Å². The molecule has 0 spiro atoms. The van der Waals surface area contributed by atoms with Crippen LogP contribution >= 0.6 is 0 Å². The summed E-state index contributed by atoms with van der Waals surface area (Å²) in [6, 6.07) is 4.47. The van der Waals surface area contributed by atoms with E-state index >= 15 is 0 Å². The number of urea groups is 1. The van der Waals surface area contributed by atoms with Crippen LogP contribution < -0.4 is 10.9 Å². The smallest absolute Gasteiger partial charge is 0.328 e. The molecule has 26 heavy (non-hydrogen) atoms. The van der Waals surface area contributed by atoms with Gasteiger partial charge in [0.15, 0.2) is 0 Å². The maximum atomic E-state index is 12.8. The third-order valence-electron chi connectivity index (χ3n) is 5.26. The lowest BCUT2D eigenvalue weighted by Gasteiger charge is -2.42. The second-order valence-electron chi connectivity index (χ2n) is 7.76. The molecule has 1 aromatic heterocycles. The predicted octanol–water partition coefficient (Wildman–Crippen LogP) is 1.56. The van der Waals surface area contributed by atoms with Crippen molar-refractivity contribution < 1.29 is 14.3 Å². The minimum Gasteiger partial charge on any atom is -0.467 e. The van der Waals surface area contributed by atoms with E-state index in [4.69, 9.17) is 4.74 Å². The molecule has 2 aliphatic rings. The number of hydrogen-bond acceptors (Lipinski definition) is 4. The zero-order chi connectivity index (χ0) is 18.8. The van der Waals surface area contributed by atoms with Gasteiger partial charge in [-0.2, -0.15) is 0 Å². The van der Waals surface area contributed by atoms with E-state index in [0.29, 0.717) is 26.1 Å². The van der Waals surface area contributed by atoms with Crippen molar-refractivity contribution in [3.8, 4) is 0 Å². The van der Waals surface area contributed by atoms with Gasteiger partial charge >= 0.3 is 12.0 Å². The Labute approximate surface area is 153 Å². The number of nitrogens with zero attached hydrogens (tertiary/aromatic N) is 2. The topological polar surface area (TPSA) is 80.6 Å². The van der Waals surface area contributed by atoms with Gasteiger partial charge in [-0.1, -0.05) is 19.9 Å². The van der Waals surface area contributed by atoms with Gasteiger partial charge in [-0.05, 0) is 30.7 Å². The van der Waals surface area contributed by atoms with Crippen molar-refractivity contribution in [2.24, 2.45) is 11.8 Å². The molecule has 0 aromatic carbocycles. The fourth-order valence-electron chi connectivity index (χ4n) is 4.13. The maximum absolute atomic E-state index is 12.8. The highest BCUT2D eigenvalue weighted by Crippen LogP contribution is 2.34. The Morgan fingerprint density at radius 3 is 2.73 bits per heavy atom. The molecule has 1 fully saturated rings. The van der Waals surface area contributed by atoms with Crippen molar-refractivity contribution in [2.75, 3.05) is 20.2 Å². The molecule has 3 atom stereocenters. The number of aromatic nitrogens is 1. The van der Waals surface area contributed by atoms with Gasteiger partial charge in [-0.15, -0.1) is 0 Å². The predicted molar refractivity (Wildman–Crippen MR) is 96.9 cm³/mol. The van der Waals surface area contributed by atoms with E-state index in [1.165, 1.54) is 7.11 Å². The van der Waals surface area contributed by atoms with Crippen molar-refractivity contribution in [1.82, 2.24) is 14.8 Å². The summed E-state index contributed by atoms with van der Waals surface area (Å²) in [5.74, 6) is 0.262. The van der Waals surface area contributed by atoms with Gasteiger partial charge in [0.1, 0.15) is 6.04 Å². The van der Waals surface area contributed by atoms with E-state index < -0.39 is 12.0 Å². The number of rotatable bonds is 4. The van der Waals surface area contributed by atoms with E-state index in [2.05, 4.69) is 5.32 Å². The van der Waals surface area contributed by atoms with Crippen LogP contribution in [0.25, 0.3) is 0 Å². The Hall–Kier alpha value is -2.31. The first-order valence-electron chi connectivity index (χ1n) is 9.22. The van der Waals surface area contributed by atoms with Crippen LogP contribution in [-0.4, -0.2) is 47.7 Å². The molecule has 7 nitrogen and oxygen atoms in total. The number of esters is 1. The largest absolute Gasteiger partial charge is 0.467 e. The highest BCUT2D eigenvalue weighted by molar-refractivity contribution is 5.83. The average Bonchev–Trinajstić information content (AvgIpc) is 2.60. The third-order valence-corrected chi connectivity index (χ3v) is 5.26. The number of methoxy groups -OCH3 is 1. The molecular weight excluding hydrogens is 334 g/mol.